The van der Waals surface area contributed by atoms with Crippen LogP contribution in [0.3, 0.4) is 0 Å². The number of carboxylic acid groups (broad SMARTS) is 1. The Balaban J connectivity index is 2.18. The van der Waals surface area contributed by atoms with Crippen LogP contribution >= 0.6 is 0 Å². The standard InChI is InChI=1S/C18H15NO3/c1-13(18(20)21)22-17-9-7-14(8-10-17)11-16(12-19)15-5-3-2-4-6-15/h2-11,13H,1H3,(H,20,21)/b16-11+. The second-order valence-corrected chi connectivity index (χ2v) is 4.70. The summed E-state index contributed by atoms with van der Waals surface area (Å²) in [5.74, 6) is -0.537. The van der Waals surface area contributed by atoms with Crippen molar-refractivity contribution in [1.29, 1.82) is 5.26 Å². The Kier molecular flexibility index (Phi) is 4.94. The molecule has 0 amide bonds. The summed E-state index contributed by atoms with van der Waals surface area (Å²) in [6, 6.07) is 18.5. The number of aliphatic carboxylic acids is 1. The smallest absolute Gasteiger partial charge is 0.344 e. The van der Waals surface area contributed by atoms with E-state index >= 15 is 0 Å². The topological polar surface area (TPSA) is 70.3 Å². The molecule has 1 N–H and O–H groups in total. The van der Waals surface area contributed by atoms with Gasteiger partial charge < -0.3 is 9.84 Å². The van der Waals surface area contributed by atoms with Crippen LogP contribution in [0.1, 0.15) is 18.1 Å². The van der Waals surface area contributed by atoms with Crippen molar-refractivity contribution in [3.63, 3.8) is 0 Å². The maximum Gasteiger partial charge on any atom is 0.344 e. The molecule has 0 heterocycles. The quantitative estimate of drug-likeness (QED) is 0.675. The van der Waals surface area contributed by atoms with E-state index < -0.39 is 12.1 Å². The molecular weight excluding hydrogens is 278 g/mol. The maximum absolute atomic E-state index is 10.7. The molecule has 1 unspecified atom stereocenters. The summed E-state index contributed by atoms with van der Waals surface area (Å²) in [6.45, 7) is 1.47. The molecule has 0 saturated heterocycles. The van der Waals surface area contributed by atoms with Crippen molar-refractivity contribution in [2.75, 3.05) is 0 Å². The average Bonchev–Trinajstić information content (AvgIpc) is 2.54. The number of hydrogen-bond acceptors (Lipinski definition) is 3. The first kappa shape index (κ1) is 15.3. The number of carboxylic acids is 1. The van der Waals surface area contributed by atoms with Gasteiger partial charge in [-0.1, -0.05) is 42.5 Å². The van der Waals surface area contributed by atoms with Gasteiger partial charge in [0.05, 0.1) is 11.6 Å². The molecule has 0 saturated carbocycles. The lowest BCUT2D eigenvalue weighted by molar-refractivity contribution is -0.144. The molecule has 0 fully saturated rings. The fraction of sp³-hybridized carbons (Fsp3) is 0.111. The van der Waals surface area contributed by atoms with Gasteiger partial charge in [-0.05, 0) is 36.3 Å². The Labute approximate surface area is 128 Å². The zero-order valence-electron chi connectivity index (χ0n) is 12.1. The van der Waals surface area contributed by atoms with Gasteiger partial charge in [0, 0.05) is 0 Å². The highest BCUT2D eigenvalue weighted by Crippen LogP contribution is 2.20. The lowest BCUT2D eigenvalue weighted by Gasteiger charge is -2.10. The van der Waals surface area contributed by atoms with Crippen LogP contribution in [0.4, 0.5) is 0 Å². The summed E-state index contributed by atoms with van der Waals surface area (Å²) >= 11 is 0. The van der Waals surface area contributed by atoms with Crippen LogP contribution in [0, 0.1) is 11.3 Å². The van der Waals surface area contributed by atoms with Crippen LogP contribution in [0.2, 0.25) is 0 Å². The number of ether oxygens (including phenoxy) is 1. The third kappa shape index (κ3) is 3.97. The molecule has 2 rings (SSSR count). The summed E-state index contributed by atoms with van der Waals surface area (Å²) in [5, 5.41) is 18.1. The SMILES string of the molecule is CC(Oc1ccc(/C=C(\C#N)c2ccccc2)cc1)C(=O)O. The maximum atomic E-state index is 10.7. The first-order chi connectivity index (χ1) is 10.6. The fourth-order valence-corrected chi connectivity index (χ4v) is 1.86. The molecule has 0 spiro atoms. The second-order valence-electron chi connectivity index (χ2n) is 4.70. The molecule has 4 heteroatoms. The second kappa shape index (κ2) is 7.09. The molecule has 0 aliphatic rings. The normalized spacial score (nSPS) is 12.3. The van der Waals surface area contributed by atoms with Crippen LogP contribution in [0.25, 0.3) is 11.6 Å². The molecular formula is C18H15NO3. The molecule has 0 radical (unpaired) electrons. The molecule has 1 atom stereocenters. The molecule has 4 nitrogen and oxygen atoms in total. The summed E-state index contributed by atoms with van der Waals surface area (Å²) in [4.78, 5) is 10.7. The average molecular weight is 293 g/mol. The number of nitrogens with zero attached hydrogens (tertiary/aromatic N) is 1. The van der Waals surface area contributed by atoms with E-state index in [1.54, 1.807) is 30.3 Å². The first-order valence-corrected chi connectivity index (χ1v) is 6.77. The van der Waals surface area contributed by atoms with Crippen LogP contribution in [0.5, 0.6) is 5.75 Å². The van der Waals surface area contributed by atoms with Crippen molar-refractivity contribution in [1.82, 2.24) is 0 Å². The van der Waals surface area contributed by atoms with Gasteiger partial charge in [-0.2, -0.15) is 5.26 Å². The monoisotopic (exact) mass is 293 g/mol. The van der Waals surface area contributed by atoms with Crippen molar-refractivity contribution in [3.8, 4) is 11.8 Å². The largest absolute Gasteiger partial charge is 0.479 e. The van der Waals surface area contributed by atoms with E-state index in [1.807, 2.05) is 30.3 Å². The molecule has 0 bridgehead atoms. The van der Waals surface area contributed by atoms with E-state index in [1.165, 1.54) is 6.92 Å². The van der Waals surface area contributed by atoms with Crippen molar-refractivity contribution in [2.45, 2.75) is 13.0 Å². The van der Waals surface area contributed by atoms with E-state index in [0.717, 1.165) is 11.1 Å². The van der Waals surface area contributed by atoms with Crippen LogP contribution in [-0.4, -0.2) is 17.2 Å². The van der Waals surface area contributed by atoms with Gasteiger partial charge >= 0.3 is 5.97 Å². The zero-order valence-corrected chi connectivity index (χ0v) is 12.1. The van der Waals surface area contributed by atoms with E-state index in [4.69, 9.17) is 9.84 Å². The fourth-order valence-electron chi connectivity index (χ4n) is 1.86. The van der Waals surface area contributed by atoms with Crippen LogP contribution in [-0.2, 0) is 4.79 Å². The minimum absolute atomic E-state index is 0.477. The number of rotatable bonds is 5. The van der Waals surface area contributed by atoms with Crippen molar-refractivity contribution >= 4 is 17.6 Å². The minimum atomic E-state index is -1.01. The predicted molar refractivity (Wildman–Crippen MR) is 84.1 cm³/mol. The molecule has 2 aromatic rings. The van der Waals surface area contributed by atoms with E-state index in [2.05, 4.69) is 6.07 Å². The molecule has 2 aromatic carbocycles. The van der Waals surface area contributed by atoms with Gasteiger partial charge in [0.1, 0.15) is 5.75 Å². The highest BCUT2D eigenvalue weighted by atomic mass is 16.5. The van der Waals surface area contributed by atoms with Gasteiger partial charge in [0.15, 0.2) is 6.10 Å². The Morgan fingerprint density at radius 3 is 2.36 bits per heavy atom. The Hall–Kier alpha value is -3.06. The summed E-state index contributed by atoms with van der Waals surface area (Å²) in [7, 11) is 0. The third-order valence-corrected chi connectivity index (χ3v) is 3.06. The van der Waals surface area contributed by atoms with Crippen LogP contribution in [0.15, 0.2) is 54.6 Å². The van der Waals surface area contributed by atoms with E-state index in [0.29, 0.717) is 11.3 Å². The highest BCUT2D eigenvalue weighted by Gasteiger charge is 2.11. The van der Waals surface area contributed by atoms with Crippen molar-refractivity contribution in [3.05, 3.63) is 65.7 Å². The minimum Gasteiger partial charge on any atom is -0.479 e. The third-order valence-electron chi connectivity index (χ3n) is 3.06. The van der Waals surface area contributed by atoms with Crippen LogP contribution < -0.4 is 4.74 Å². The zero-order chi connectivity index (χ0) is 15.9. The van der Waals surface area contributed by atoms with E-state index in [9.17, 15) is 10.1 Å². The number of benzene rings is 2. The van der Waals surface area contributed by atoms with Gasteiger partial charge in [0.25, 0.3) is 0 Å². The summed E-state index contributed by atoms with van der Waals surface area (Å²) in [6.07, 6.45) is 0.875. The van der Waals surface area contributed by atoms with Gasteiger partial charge in [-0.3, -0.25) is 0 Å². The first-order valence-electron chi connectivity index (χ1n) is 6.77. The van der Waals surface area contributed by atoms with Crippen molar-refractivity contribution in [2.24, 2.45) is 0 Å². The van der Waals surface area contributed by atoms with Gasteiger partial charge in [-0.15, -0.1) is 0 Å². The Bertz CT molecular complexity index is 712. The molecule has 110 valence electrons. The van der Waals surface area contributed by atoms with Crippen molar-refractivity contribution < 1.29 is 14.6 Å². The molecule has 22 heavy (non-hydrogen) atoms. The van der Waals surface area contributed by atoms with E-state index in [-0.39, 0.29) is 0 Å². The summed E-state index contributed by atoms with van der Waals surface area (Å²) < 4.78 is 5.26. The number of carbonyl (C=O) groups is 1. The number of nitriles is 1. The number of hydrogen-bond donors (Lipinski definition) is 1. The molecule has 0 aliphatic carbocycles. The molecule has 0 aliphatic heterocycles. The predicted octanol–water partition coefficient (Wildman–Crippen LogP) is 3.60. The van der Waals surface area contributed by atoms with Gasteiger partial charge in [-0.25, -0.2) is 4.79 Å². The Morgan fingerprint density at radius 1 is 1.18 bits per heavy atom. The Morgan fingerprint density at radius 2 is 1.82 bits per heavy atom. The summed E-state index contributed by atoms with van der Waals surface area (Å²) in [5.41, 5.74) is 2.26. The molecule has 0 aromatic heterocycles. The highest BCUT2D eigenvalue weighted by molar-refractivity contribution is 5.89. The lowest BCUT2D eigenvalue weighted by Crippen LogP contribution is -2.22. The van der Waals surface area contributed by atoms with Gasteiger partial charge in [0.2, 0.25) is 0 Å². The number of allylic oxidation sites excluding steroid dienone is 1. The lowest BCUT2D eigenvalue weighted by atomic mass is 10.0.